The first kappa shape index (κ1) is 49.4. The van der Waals surface area contributed by atoms with Gasteiger partial charge in [-0.1, -0.05) is 179 Å². The maximum absolute atomic E-state index is 12.6. The van der Waals surface area contributed by atoms with E-state index in [2.05, 4.69) is 69.4 Å². The van der Waals surface area contributed by atoms with Gasteiger partial charge in [-0.2, -0.15) is 0 Å². The summed E-state index contributed by atoms with van der Waals surface area (Å²) in [6.45, 7) is 6.40. The highest BCUT2D eigenvalue weighted by atomic mass is 16.6. The molecule has 0 spiro atoms. The Balaban J connectivity index is 4.28. The predicted molar refractivity (Wildman–Crippen MR) is 219 cm³/mol. The highest BCUT2D eigenvalue weighted by Gasteiger charge is 2.19. The number of carbonyl (C=O) groups is 3. The van der Waals surface area contributed by atoms with Crippen LogP contribution < -0.4 is 0 Å². The number of unbranched alkanes of at least 4 members (excludes halogenated alkanes) is 19. The number of ether oxygens (including phenoxy) is 3. The molecular weight excluding hydrogens is 648 g/mol. The SMILES string of the molecule is CC/C=C\C/C=C\C/C=C\C/C=C\CCCCCCC(=O)OCC(COC(=O)CCCCCCC)OC(=O)CCCCCCCCCCCCCC. The van der Waals surface area contributed by atoms with E-state index in [-0.39, 0.29) is 31.1 Å². The lowest BCUT2D eigenvalue weighted by Crippen LogP contribution is -2.30. The van der Waals surface area contributed by atoms with Gasteiger partial charge in [0.25, 0.3) is 0 Å². The third-order valence-corrected chi connectivity index (χ3v) is 9.10. The number of hydrogen-bond donors (Lipinski definition) is 0. The van der Waals surface area contributed by atoms with Gasteiger partial charge in [0.05, 0.1) is 0 Å². The second kappa shape index (κ2) is 41.1. The van der Waals surface area contributed by atoms with Crippen LogP contribution in [0.5, 0.6) is 0 Å². The summed E-state index contributed by atoms with van der Waals surface area (Å²) in [7, 11) is 0. The number of carbonyl (C=O) groups excluding carboxylic acids is 3. The zero-order valence-electron chi connectivity index (χ0n) is 34.1. The van der Waals surface area contributed by atoms with Crippen LogP contribution in [0.3, 0.4) is 0 Å². The number of esters is 3. The molecule has 0 aromatic rings. The number of rotatable bonds is 38. The summed E-state index contributed by atoms with van der Waals surface area (Å²) in [6, 6.07) is 0. The van der Waals surface area contributed by atoms with E-state index >= 15 is 0 Å². The van der Waals surface area contributed by atoms with Gasteiger partial charge < -0.3 is 14.2 Å². The minimum absolute atomic E-state index is 0.0808. The zero-order valence-corrected chi connectivity index (χ0v) is 34.1. The largest absolute Gasteiger partial charge is 0.462 e. The van der Waals surface area contributed by atoms with Gasteiger partial charge in [0.15, 0.2) is 6.10 Å². The van der Waals surface area contributed by atoms with Crippen molar-refractivity contribution in [2.45, 2.75) is 213 Å². The van der Waals surface area contributed by atoms with E-state index in [1.54, 1.807) is 0 Å². The van der Waals surface area contributed by atoms with Crippen LogP contribution in [0.2, 0.25) is 0 Å². The molecule has 0 saturated heterocycles. The Morgan fingerprint density at radius 1 is 0.404 bits per heavy atom. The van der Waals surface area contributed by atoms with Gasteiger partial charge in [-0.15, -0.1) is 0 Å². The van der Waals surface area contributed by atoms with E-state index in [1.165, 1.54) is 64.2 Å². The van der Waals surface area contributed by atoms with Gasteiger partial charge in [0, 0.05) is 19.3 Å². The smallest absolute Gasteiger partial charge is 0.306 e. The second-order valence-electron chi connectivity index (χ2n) is 14.2. The molecular formula is C46H80O6. The van der Waals surface area contributed by atoms with Crippen molar-refractivity contribution >= 4 is 17.9 Å². The van der Waals surface area contributed by atoms with Crippen LogP contribution in [0, 0.1) is 0 Å². The third kappa shape index (κ3) is 38.6. The molecule has 6 heteroatoms. The molecule has 1 unspecified atom stereocenters. The Hall–Kier alpha value is -2.63. The van der Waals surface area contributed by atoms with Crippen molar-refractivity contribution in [3.8, 4) is 0 Å². The van der Waals surface area contributed by atoms with Gasteiger partial charge >= 0.3 is 17.9 Å². The van der Waals surface area contributed by atoms with E-state index in [9.17, 15) is 14.4 Å². The molecule has 0 aromatic carbocycles. The molecule has 300 valence electrons. The van der Waals surface area contributed by atoms with Crippen molar-refractivity contribution in [1.82, 2.24) is 0 Å². The fourth-order valence-electron chi connectivity index (χ4n) is 5.84. The maximum atomic E-state index is 12.6. The fourth-order valence-corrected chi connectivity index (χ4v) is 5.84. The monoisotopic (exact) mass is 729 g/mol. The molecule has 0 heterocycles. The standard InChI is InChI=1S/C46H80O6/c1-4-7-10-13-15-17-19-21-22-23-24-25-27-28-30-33-36-39-45(48)51-42-43(41-50-44(47)38-35-32-12-9-6-3)52-46(49)40-37-34-31-29-26-20-18-16-14-11-8-5-2/h7,10,15,17,21-22,24-25,43H,4-6,8-9,11-14,16,18-20,23,26-42H2,1-3H3/b10-7-,17-15-,22-21-,25-24-. The summed E-state index contributed by atoms with van der Waals surface area (Å²) in [6.07, 6.45) is 46.9. The molecule has 0 fully saturated rings. The lowest BCUT2D eigenvalue weighted by atomic mass is 10.0. The van der Waals surface area contributed by atoms with E-state index in [1.807, 2.05) is 0 Å². The minimum atomic E-state index is -0.774. The lowest BCUT2D eigenvalue weighted by molar-refractivity contribution is -0.167. The molecule has 0 aromatic heterocycles. The van der Waals surface area contributed by atoms with Crippen LogP contribution in [0.15, 0.2) is 48.6 Å². The van der Waals surface area contributed by atoms with Crippen LogP contribution >= 0.6 is 0 Å². The number of allylic oxidation sites excluding steroid dienone is 8. The van der Waals surface area contributed by atoms with Crippen molar-refractivity contribution < 1.29 is 28.6 Å². The summed E-state index contributed by atoms with van der Waals surface area (Å²) in [4.78, 5) is 37.4. The van der Waals surface area contributed by atoms with Crippen molar-refractivity contribution in [1.29, 1.82) is 0 Å². The predicted octanol–water partition coefficient (Wildman–Crippen LogP) is 13.6. The van der Waals surface area contributed by atoms with Crippen LogP contribution in [-0.2, 0) is 28.6 Å². The van der Waals surface area contributed by atoms with Gasteiger partial charge in [0.2, 0.25) is 0 Å². The molecule has 6 nitrogen and oxygen atoms in total. The summed E-state index contributed by atoms with van der Waals surface area (Å²) < 4.78 is 16.6. The van der Waals surface area contributed by atoms with Crippen molar-refractivity contribution in [3.05, 3.63) is 48.6 Å². The molecule has 0 radical (unpaired) electrons. The van der Waals surface area contributed by atoms with E-state index < -0.39 is 6.10 Å². The molecule has 52 heavy (non-hydrogen) atoms. The summed E-state index contributed by atoms with van der Waals surface area (Å²) >= 11 is 0. The average Bonchev–Trinajstić information content (AvgIpc) is 3.14. The van der Waals surface area contributed by atoms with Gasteiger partial charge in [0.1, 0.15) is 13.2 Å². The first-order chi connectivity index (χ1) is 25.5. The van der Waals surface area contributed by atoms with Crippen LogP contribution in [0.1, 0.15) is 207 Å². The van der Waals surface area contributed by atoms with Crippen molar-refractivity contribution in [2.24, 2.45) is 0 Å². The Kier molecular flexibility index (Phi) is 39.1. The third-order valence-electron chi connectivity index (χ3n) is 9.10. The van der Waals surface area contributed by atoms with Crippen LogP contribution in [0.25, 0.3) is 0 Å². The Bertz CT molecular complexity index is 933. The molecule has 1 atom stereocenters. The van der Waals surface area contributed by atoms with Gasteiger partial charge in [-0.25, -0.2) is 0 Å². The van der Waals surface area contributed by atoms with E-state index in [0.29, 0.717) is 19.3 Å². The molecule has 0 aliphatic heterocycles. The molecule has 0 bridgehead atoms. The summed E-state index contributed by atoms with van der Waals surface area (Å²) in [5.74, 6) is -0.921. The summed E-state index contributed by atoms with van der Waals surface area (Å²) in [5, 5.41) is 0. The Morgan fingerprint density at radius 3 is 1.17 bits per heavy atom. The quantitative estimate of drug-likeness (QED) is 0.0272. The molecule has 0 aliphatic rings. The van der Waals surface area contributed by atoms with Crippen LogP contribution in [0.4, 0.5) is 0 Å². The molecule has 0 aliphatic carbocycles. The second-order valence-corrected chi connectivity index (χ2v) is 14.2. The van der Waals surface area contributed by atoms with Crippen LogP contribution in [-0.4, -0.2) is 37.2 Å². The average molecular weight is 729 g/mol. The molecule has 0 rings (SSSR count). The highest BCUT2D eigenvalue weighted by molar-refractivity contribution is 5.71. The minimum Gasteiger partial charge on any atom is -0.462 e. The van der Waals surface area contributed by atoms with Crippen molar-refractivity contribution in [2.75, 3.05) is 13.2 Å². The molecule has 0 amide bonds. The molecule has 0 saturated carbocycles. The zero-order chi connectivity index (χ0) is 38.0. The topological polar surface area (TPSA) is 78.9 Å². The first-order valence-corrected chi connectivity index (χ1v) is 21.6. The summed E-state index contributed by atoms with van der Waals surface area (Å²) in [5.41, 5.74) is 0. The Morgan fingerprint density at radius 2 is 0.750 bits per heavy atom. The van der Waals surface area contributed by atoms with E-state index in [4.69, 9.17) is 14.2 Å². The van der Waals surface area contributed by atoms with E-state index in [0.717, 1.165) is 103 Å². The van der Waals surface area contributed by atoms with Crippen molar-refractivity contribution in [3.63, 3.8) is 0 Å². The Labute approximate surface area is 320 Å². The van der Waals surface area contributed by atoms with Gasteiger partial charge in [-0.05, 0) is 57.8 Å². The maximum Gasteiger partial charge on any atom is 0.306 e. The van der Waals surface area contributed by atoms with Gasteiger partial charge in [-0.3, -0.25) is 14.4 Å². The normalized spacial score (nSPS) is 12.4. The first-order valence-electron chi connectivity index (χ1n) is 21.6. The molecule has 0 N–H and O–H groups in total. The number of hydrogen-bond acceptors (Lipinski definition) is 6. The lowest BCUT2D eigenvalue weighted by Gasteiger charge is -2.18. The fraction of sp³-hybridized carbons (Fsp3) is 0.761. The highest BCUT2D eigenvalue weighted by Crippen LogP contribution is 2.14.